The minimum atomic E-state index is -0.438. The van der Waals surface area contributed by atoms with Crippen LogP contribution in [0.4, 0.5) is 5.13 Å². The van der Waals surface area contributed by atoms with E-state index in [0.29, 0.717) is 16.8 Å². The molecular formula is C13H12ClN3O2S. The lowest BCUT2D eigenvalue weighted by Crippen LogP contribution is -2.04. The van der Waals surface area contributed by atoms with E-state index in [-0.39, 0.29) is 5.69 Å². The van der Waals surface area contributed by atoms with Crippen LogP contribution in [0, 0.1) is 0 Å². The molecule has 1 aromatic heterocycles. The molecule has 0 aliphatic heterocycles. The minimum Gasteiger partial charge on any atom is -0.461 e. The molecule has 1 aromatic carbocycles. The summed E-state index contributed by atoms with van der Waals surface area (Å²) in [6.45, 7) is 2.07. The second-order valence-corrected chi connectivity index (χ2v) is 4.92. The Hall–Kier alpha value is -1.92. The van der Waals surface area contributed by atoms with Crippen molar-refractivity contribution in [2.75, 3.05) is 12.0 Å². The lowest BCUT2D eigenvalue weighted by atomic mass is 10.2. The number of benzene rings is 1. The Morgan fingerprint density at radius 2 is 2.35 bits per heavy atom. The van der Waals surface area contributed by atoms with Crippen LogP contribution in [0.3, 0.4) is 0 Å². The molecule has 0 radical (unpaired) electrons. The molecule has 7 heteroatoms. The number of hydrogen-bond donors (Lipinski definition) is 1. The fraction of sp³-hybridized carbons (Fsp3) is 0.154. The molecule has 0 atom stereocenters. The van der Waals surface area contributed by atoms with E-state index in [1.54, 1.807) is 24.6 Å². The zero-order valence-corrected chi connectivity index (χ0v) is 12.2. The number of hydrogen-bond acceptors (Lipinski definition) is 6. The lowest BCUT2D eigenvalue weighted by molar-refractivity contribution is 0.0520. The lowest BCUT2D eigenvalue weighted by Gasteiger charge is -1.97. The van der Waals surface area contributed by atoms with Gasteiger partial charge in [0.1, 0.15) is 0 Å². The standard InChI is InChI=1S/C13H12ClN3O2S/c1-2-19-12(18)11-8-20-13(16-11)17-15-7-9-5-3-4-6-10(9)14/h3-8H,2H2,1H3,(H,16,17). The number of esters is 1. The summed E-state index contributed by atoms with van der Waals surface area (Å²) in [4.78, 5) is 15.5. The Labute approximate surface area is 125 Å². The Balaban J connectivity index is 1.98. The van der Waals surface area contributed by atoms with Gasteiger partial charge in [0.05, 0.1) is 12.8 Å². The van der Waals surface area contributed by atoms with Crippen LogP contribution in [-0.4, -0.2) is 23.8 Å². The molecule has 104 valence electrons. The van der Waals surface area contributed by atoms with Crippen LogP contribution in [-0.2, 0) is 4.74 Å². The zero-order chi connectivity index (χ0) is 14.4. The first-order chi connectivity index (χ1) is 9.70. The number of anilines is 1. The van der Waals surface area contributed by atoms with Crippen LogP contribution in [0.2, 0.25) is 5.02 Å². The van der Waals surface area contributed by atoms with Crippen molar-refractivity contribution in [3.63, 3.8) is 0 Å². The van der Waals surface area contributed by atoms with Gasteiger partial charge in [-0.15, -0.1) is 11.3 Å². The summed E-state index contributed by atoms with van der Waals surface area (Å²) in [5, 5.41) is 6.77. The molecule has 0 aliphatic carbocycles. The topological polar surface area (TPSA) is 63.6 Å². The molecule has 0 bridgehead atoms. The van der Waals surface area contributed by atoms with Gasteiger partial charge < -0.3 is 4.74 Å². The number of aromatic nitrogens is 1. The molecule has 0 saturated heterocycles. The predicted molar refractivity (Wildman–Crippen MR) is 80.7 cm³/mol. The number of halogens is 1. The van der Waals surface area contributed by atoms with E-state index < -0.39 is 5.97 Å². The number of nitrogens with one attached hydrogen (secondary N) is 1. The summed E-state index contributed by atoms with van der Waals surface area (Å²) in [7, 11) is 0. The maximum Gasteiger partial charge on any atom is 0.357 e. The monoisotopic (exact) mass is 309 g/mol. The fourth-order valence-electron chi connectivity index (χ4n) is 1.36. The predicted octanol–water partition coefficient (Wildman–Crippen LogP) is 3.42. The average Bonchev–Trinajstić information content (AvgIpc) is 2.90. The van der Waals surface area contributed by atoms with E-state index in [0.717, 1.165) is 5.56 Å². The van der Waals surface area contributed by atoms with Gasteiger partial charge in [-0.2, -0.15) is 5.10 Å². The summed E-state index contributed by atoms with van der Waals surface area (Å²) < 4.78 is 4.85. The van der Waals surface area contributed by atoms with Crippen molar-refractivity contribution in [3.8, 4) is 0 Å². The molecule has 5 nitrogen and oxygen atoms in total. The van der Waals surface area contributed by atoms with Gasteiger partial charge in [0.25, 0.3) is 0 Å². The fourth-order valence-corrected chi connectivity index (χ4v) is 2.17. The highest BCUT2D eigenvalue weighted by Crippen LogP contribution is 2.16. The average molecular weight is 310 g/mol. The highest BCUT2D eigenvalue weighted by molar-refractivity contribution is 7.13. The number of carbonyl (C=O) groups is 1. The second kappa shape index (κ2) is 7.02. The van der Waals surface area contributed by atoms with E-state index >= 15 is 0 Å². The maximum atomic E-state index is 11.4. The first-order valence-corrected chi connectivity index (χ1v) is 7.12. The van der Waals surface area contributed by atoms with Crippen molar-refractivity contribution in [2.24, 2.45) is 5.10 Å². The van der Waals surface area contributed by atoms with Gasteiger partial charge >= 0.3 is 5.97 Å². The van der Waals surface area contributed by atoms with Crippen molar-refractivity contribution >= 4 is 40.3 Å². The van der Waals surface area contributed by atoms with Crippen LogP contribution in [0.1, 0.15) is 23.0 Å². The molecule has 0 amide bonds. The molecule has 0 saturated carbocycles. The second-order valence-electron chi connectivity index (χ2n) is 3.65. The summed E-state index contributed by atoms with van der Waals surface area (Å²) >= 11 is 7.27. The summed E-state index contributed by atoms with van der Waals surface area (Å²) in [5.74, 6) is -0.438. The first-order valence-electron chi connectivity index (χ1n) is 5.87. The highest BCUT2D eigenvalue weighted by Gasteiger charge is 2.10. The van der Waals surface area contributed by atoms with Gasteiger partial charge in [0.15, 0.2) is 5.69 Å². The normalized spacial score (nSPS) is 10.7. The molecule has 1 heterocycles. The van der Waals surface area contributed by atoms with Crippen molar-refractivity contribution in [2.45, 2.75) is 6.92 Å². The minimum absolute atomic E-state index is 0.271. The third-order valence-electron chi connectivity index (χ3n) is 2.26. The molecule has 2 rings (SSSR count). The number of ether oxygens (including phenoxy) is 1. The largest absolute Gasteiger partial charge is 0.461 e. The third kappa shape index (κ3) is 3.79. The number of nitrogens with zero attached hydrogens (tertiary/aromatic N) is 2. The Bertz CT molecular complexity index is 628. The van der Waals surface area contributed by atoms with E-state index in [9.17, 15) is 4.79 Å². The summed E-state index contributed by atoms with van der Waals surface area (Å²) in [6.07, 6.45) is 1.59. The maximum absolute atomic E-state index is 11.4. The highest BCUT2D eigenvalue weighted by atomic mass is 35.5. The molecule has 0 spiro atoms. The number of carbonyl (C=O) groups excluding carboxylic acids is 1. The zero-order valence-electron chi connectivity index (χ0n) is 10.7. The van der Waals surface area contributed by atoms with Crippen molar-refractivity contribution in [1.82, 2.24) is 4.98 Å². The van der Waals surface area contributed by atoms with Crippen LogP contribution < -0.4 is 5.43 Å². The van der Waals surface area contributed by atoms with Gasteiger partial charge in [-0.05, 0) is 13.0 Å². The van der Waals surface area contributed by atoms with E-state index in [1.165, 1.54) is 11.3 Å². The third-order valence-corrected chi connectivity index (χ3v) is 3.35. The number of hydrazone groups is 1. The molecule has 0 fully saturated rings. The SMILES string of the molecule is CCOC(=O)c1csc(NN=Cc2ccccc2Cl)n1. The van der Waals surface area contributed by atoms with E-state index in [1.807, 2.05) is 18.2 Å². The Kier molecular flexibility index (Phi) is 5.09. The first kappa shape index (κ1) is 14.5. The van der Waals surface area contributed by atoms with E-state index in [4.69, 9.17) is 16.3 Å². The Morgan fingerprint density at radius 3 is 3.10 bits per heavy atom. The quantitative estimate of drug-likeness (QED) is 0.522. The Morgan fingerprint density at radius 1 is 1.55 bits per heavy atom. The van der Waals surface area contributed by atoms with E-state index in [2.05, 4.69) is 15.5 Å². The van der Waals surface area contributed by atoms with Gasteiger partial charge in [0.2, 0.25) is 5.13 Å². The van der Waals surface area contributed by atoms with Crippen molar-refractivity contribution < 1.29 is 9.53 Å². The molecule has 1 N–H and O–H groups in total. The summed E-state index contributed by atoms with van der Waals surface area (Å²) in [5.41, 5.74) is 3.81. The van der Waals surface area contributed by atoms with Crippen LogP contribution in [0.15, 0.2) is 34.7 Å². The molecule has 20 heavy (non-hydrogen) atoms. The van der Waals surface area contributed by atoms with Crippen LogP contribution in [0.25, 0.3) is 0 Å². The van der Waals surface area contributed by atoms with Gasteiger partial charge in [-0.3, -0.25) is 5.43 Å². The number of thiazole rings is 1. The molecule has 2 aromatic rings. The van der Waals surface area contributed by atoms with Gasteiger partial charge in [-0.25, -0.2) is 9.78 Å². The van der Waals surface area contributed by atoms with Crippen LogP contribution in [0.5, 0.6) is 0 Å². The van der Waals surface area contributed by atoms with Crippen LogP contribution >= 0.6 is 22.9 Å². The molecule has 0 aliphatic rings. The van der Waals surface area contributed by atoms with Gasteiger partial charge in [0, 0.05) is 16.0 Å². The molecular weight excluding hydrogens is 298 g/mol. The van der Waals surface area contributed by atoms with Gasteiger partial charge in [-0.1, -0.05) is 29.8 Å². The van der Waals surface area contributed by atoms with Crippen molar-refractivity contribution in [1.29, 1.82) is 0 Å². The van der Waals surface area contributed by atoms with Crippen molar-refractivity contribution in [3.05, 3.63) is 45.9 Å². The summed E-state index contributed by atoms with van der Waals surface area (Å²) in [6, 6.07) is 7.35. The molecule has 0 unspecified atom stereocenters. The number of rotatable bonds is 5. The smallest absolute Gasteiger partial charge is 0.357 e.